The number of hydrogen-bond acceptors (Lipinski definition) is 12. The van der Waals surface area contributed by atoms with Crippen LogP contribution in [0.3, 0.4) is 0 Å². The minimum absolute atomic E-state index is 0.318. The highest BCUT2D eigenvalue weighted by molar-refractivity contribution is 5.77. The van der Waals surface area contributed by atoms with E-state index in [0.29, 0.717) is 131 Å². The van der Waals surface area contributed by atoms with Crippen LogP contribution in [0.5, 0.6) is 46.0 Å². The molecule has 0 saturated heterocycles. The molecule has 5 aliphatic rings. The van der Waals surface area contributed by atoms with E-state index in [1.807, 2.05) is 97.1 Å². The molecule has 0 fully saturated rings. The van der Waals surface area contributed by atoms with Gasteiger partial charge in [-0.25, -0.2) is 0 Å². The van der Waals surface area contributed by atoms with Crippen LogP contribution in [0.15, 0.2) is 170 Å². The van der Waals surface area contributed by atoms with Crippen molar-refractivity contribution in [1.29, 1.82) is 0 Å². The number of hydrogen-bond donors (Lipinski definition) is 0. The van der Waals surface area contributed by atoms with E-state index in [9.17, 15) is 0 Å². The van der Waals surface area contributed by atoms with Gasteiger partial charge in [-0.2, -0.15) is 0 Å². The second-order valence-electron chi connectivity index (χ2n) is 19.6. The van der Waals surface area contributed by atoms with Crippen molar-refractivity contribution in [2.75, 3.05) is 106 Å². The topological polar surface area (TPSA) is 111 Å². The fourth-order valence-corrected chi connectivity index (χ4v) is 10.5. The van der Waals surface area contributed by atoms with E-state index in [1.54, 1.807) is 0 Å². The van der Waals surface area contributed by atoms with Gasteiger partial charge in [0.05, 0.1) is 52.9 Å². The highest BCUT2D eigenvalue weighted by atomic mass is 16.6. The van der Waals surface area contributed by atoms with Gasteiger partial charge in [0.1, 0.15) is 98.9 Å². The summed E-state index contributed by atoms with van der Waals surface area (Å²) in [6, 6.07) is 57.7. The summed E-state index contributed by atoms with van der Waals surface area (Å²) in [5.74, 6) is 6.18. The van der Waals surface area contributed by atoms with Crippen molar-refractivity contribution < 1.29 is 56.8 Å². The van der Waals surface area contributed by atoms with Gasteiger partial charge in [-0.3, -0.25) is 0 Å². The van der Waals surface area contributed by atoms with E-state index < -0.39 is 0 Å². The molecule has 8 aromatic rings. The maximum Gasteiger partial charge on any atom is 0.127 e. The Morgan fingerprint density at radius 1 is 0.175 bits per heavy atom. The zero-order valence-corrected chi connectivity index (χ0v) is 45.2. The molecule has 0 radical (unpaired) electrons. The van der Waals surface area contributed by atoms with E-state index in [4.69, 9.17) is 56.8 Å². The van der Waals surface area contributed by atoms with Gasteiger partial charge in [-0.15, -0.1) is 0 Å². The van der Waals surface area contributed by atoms with Gasteiger partial charge in [-0.05, 0) is 68.8 Å². The minimum Gasteiger partial charge on any atom is -0.491 e. The van der Waals surface area contributed by atoms with Crippen LogP contribution in [0.4, 0.5) is 0 Å². The van der Waals surface area contributed by atoms with Crippen LogP contribution < -0.4 is 37.9 Å². The first-order valence-electron chi connectivity index (χ1n) is 27.9. The van der Waals surface area contributed by atoms with Crippen molar-refractivity contribution >= 4 is 0 Å². The van der Waals surface area contributed by atoms with Crippen molar-refractivity contribution in [1.82, 2.24) is 0 Å². The Morgan fingerprint density at radius 2 is 0.362 bits per heavy atom. The van der Waals surface area contributed by atoms with E-state index in [1.165, 1.54) is 0 Å². The summed E-state index contributed by atoms with van der Waals surface area (Å²) in [4.78, 5) is 0. The number of fused-ring (bicyclic) bond motifs is 24. The van der Waals surface area contributed by atoms with Crippen LogP contribution in [0, 0.1) is 0 Å². The predicted molar refractivity (Wildman–Crippen MR) is 308 cm³/mol. The third-order valence-electron chi connectivity index (χ3n) is 14.2. The molecule has 0 unspecified atom stereocenters. The van der Waals surface area contributed by atoms with E-state index in [2.05, 4.69) is 72.8 Å². The molecule has 80 heavy (non-hydrogen) atoms. The lowest BCUT2D eigenvalue weighted by atomic mass is 9.91. The number of ether oxygens (including phenoxy) is 12. The standard InChI is InChI=1S/C68H68O12/c1-5-25-61-57(21-1)58-22-2-6-26-62(58)74-38-30-70-34-42-78-66-51-15-10-16-52(66)48-56-20-12-18-54-46-50-14-9-13-49(65(50)77-41-33-69-29-37-73-61)45-53-17-11-19-55(47-51)67(53)79-43-35-71-31-39-75-63-27-7-3-23-59(63)60-24-4-8-28-64(60)76-40-32-72-36-44-80-68(54)56/h1-28H,29-48H2. The third kappa shape index (κ3) is 13.7. The predicted octanol–water partition coefficient (Wildman–Crippen LogP) is 12.2. The molecule has 8 aromatic carbocycles. The Morgan fingerprint density at radius 3 is 0.575 bits per heavy atom. The molecule has 4 aliphatic heterocycles. The van der Waals surface area contributed by atoms with Crippen molar-refractivity contribution in [3.8, 4) is 68.2 Å². The lowest BCUT2D eigenvalue weighted by Gasteiger charge is -2.23. The summed E-state index contributed by atoms with van der Waals surface area (Å²) in [7, 11) is 0. The molecule has 0 N–H and O–H groups in total. The first-order chi connectivity index (χ1) is 39.7. The maximum absolute atomic E-state index is 6.89. The lowest BCUT2D eigenvalue weighted by Crippen LogP contribution is -2.15. The second kappa shape index (κ2) is 27.7. The van der Waals surface area contributed by atoms with Gasteiger partial charge >= 0.3 is 0 Å². The molecule has 0 saturated carbocycles. The monoisotopic (exact) mass is 1080 g/mol. The van der Waals surface area contributed by atoms with Gasteiger partial charge in [-0.1, -0.05) is 146 Å². The van der Waals surface area contributed by atoms with Crippen molar-refractivity contribution in [3.63, 3.8) is 0 Å². The zero-order valence-electron chi connectivity index (χ0n) is 45.2. The lowest BCUT2D eigenvalue weighted by molar-refractivity contribution is 0.0757. The number of benzene rings is 8. The highest BCUT2D eigenvalue weighted by Gasteiger charge is 2.23. The average Bonchev–Trinajstić information content (AvgIpc) is 3.49. The fourth-order valence-electron chi connectivity index (χ4n) is 10.5. The summed E-state index contributed by atoms with van der Waals surface area (Å²) in [5.41, 5.74) is 11.9. The third-order valence-corrected chi connectivity index (χ3v) is 14.2. The van der Waals surface area contributed by atoms with E-state index in [0.717, 1.165) is 113 Å². The SMILES string of the molecule is c1cc2c3c(c1)Cc1cccc4c1OCCOCCOc1ccccc1-c1ccccc1OCCOCCOc1c(cccc1Cc1cccc(c1OCCOCCOc1ccccc1-c1ccccc1OCCOCCO3)C4)C2. The quantitative estimate of drug-likeness (QED) is 0.135. The Bertz CT molecular complexity index is 2780. The molecule has 0 atom stereocenters. The molecular formula is C68H68O12. The van der Waals surface area contributed by atoms with E-state index >= 15 is 0 Å². The van der Waals surface area contributed by atoms with E-state index in [-0.39, 0.29) is 0 Å². The minimum atomic E-state index is 0.318. The maximum atomic E-state index is 6.89. The number of para-hydroxylation sites is 8. The van der Waals surface area contributed by atoms with Gasteiger partial charge in [0.25, 0.3) is 0 Å². The highest BCUT2D eigenvalue weighted by Crippen LogP contribution is 2.41. The summed E-state index contributed by atoms with van der Waals surface area (Å²) in [6.07, 6.45) is 2.15. The molecule has 0 amide bonds. The van der Waals surface area contributed by atoms with Gasteiger partial charge in [0.2, 0.25) is 0 Å². The summed E-state index contributed by atoms with van der Waals surface area (Å²) < 4.78 is 77.9. The average molecular weight is 1080 g/mol. The summed E-state index contributed by atoms with van der Waals surface area (Å²) in [5, 5.41) is 0. The molecule has 0 spiro atoms. The smallest absolute Gasteiger partial charge is 0.127 e. The Kier molecular flexibility index (Phi) is 18.7. The summed E-state index contributed by atoms with van der Waals surface area (Å²) in [6.45, 7) is 5.53. The van der Waals surface area contributed by atoms with Crippen molar-refractivity contribution in [2.24, 2.45) is 0 Å². The Hall–Kier alpha value is -8.00. The van der Waals surface area contributed by atoms with Crippen LogP contribution in [-0.2, 0) is 44.6 Å². The number of rotatable bonds is 0. The zero-order chi connectivity index (χ0) is 54.0. The summed E-state index contributed by atoms with van der Waals surface area (Å²) >= 11 is 0. The van der Waals surface area contributed by atoms with Gasteiger partial charge < -0.3 is 56.8 Å². The van der Waals surface area contributed by atoms with Gasteiger partial charge in [0.15, 0.2) is 0 Å². The second-order valence-corrected chi connectivity index (χ2v) is 19.6. The van der Waals surface area contributed by atoms with Crippen LogP contribution in [0.1, 0.15) is 44.5 Å². The first-order valence-corrected chi connectivity index (χ1v) is 27.9. The Labute approximate surface area is 468 Å². The first kappa shape index (κ1) is 54.0. The molecular weight excluding hydrogens is 1010 g/mol. The molecule has 4 heterocycles. The normalized spacial score (nSPS) is 16.1. The van der Waals surface area contributed by atoms with Gasteiger partial charge in [0, 0.05) is 47.9 Å². The molecule has 412 valence electrons. The Balaban J connectivity index is 0.953. The molecule has 12 heteroatoms. The van der Waals surface area contributed by atoms with Crippen molar-refractivity contribution in [2.45, 2.75) is 25.7 Å². The molecule has 12 nitrogen and oxygen atoms in total. The van der Waals surface area contributed by atoms with Crippen molar-refractivity contribution in [3.05, 3.63) is 214 Å². The molecule has 0 aromatic heterocycles. The largest absolute Gasteiger partial charge is 0.491 e. The molecule has 1 aliphatic carbocycles. The van der Waals surface area contributed by atoms with Crippen LogP contribution >= 0.6 is 0 Å². The van der Waals surface area contributed by atoms with Crippen LogP contribution in [0.2, 0.25) is 0 Å². The van der Waals surface area contributed by atoms with Crippen LogP contribution in [-0.4, -0.2) is 106 Å². The van der Waals surface area contributed by atoms with Crippen LogP contribution in [0.25, 0.3) is 22.3 Å². The molecule has 12 bridgehead atoms. The molecule has 13 rings (SSSR count). The fraction of sp³-hybridized carbons (Fsp3) is 0.294.